The Morgan fingerprint density at radius 1 is 1.20 bits per heavy atom. The van der Waals surface area contributed by atoms with Gasteiger partial charge in [0.05, 0.1) is 0 Å². The highest BCUT2D eigenvalue weighted by atomic mass is 15.3. The molecule has 0 aliphatic carbocycles. The van der Waals surface area contributed by atoms with Gasteiger partial charge in [0.1, 0.15) is 0 Å². The van der Waals surface area contributed by atoms with Crippen LogP contribution in [0, 0.1) is 0 Å². The zero-order chi connectivity index (χ0) is 11.5. The third-order valence-corrected chi connectivity index (χ3v) is 3.53. The van der Waals surface area contributed by atoms with Crippen molar-refractivity contribution in [2.75, 3.05) is 32.7 Å². The molecule has 0 spiro atoms. The number of nitrogens with zero attached hydrogens (tertiary/aromatic N) is 2. The summed E-state index contributed by atoms with van der Waals surface area (Å²) in [5.74, 6) is 0. The van der Waals surface area contributed by atoms with Gasteiger partial charge in [-0.1, -0.05) is 6.92 Å². The van der Waals surface area contributed by atoms with Crippen LogP contribution in [0.4, 0.5) is 0 Å². The smallest absolute Gasteiger partial charge is 0.0252 e. The van der Waals surface area contributed by atoms with Crippen molar-refractivity contribution in [1.29, 1.82) is 0 Å². The van der Waals surface area contributed by atoms with Crippen LogP contribution < -0.4 is 5.73 Å². The number of rotatable bonds is 4. The first-order valence-corrected chi connectivity index (χ1v) is 6.20. The average molecular weight is 213 g/mol. The van der Waals surface area contributed by atoms with Crippen molar-refractivity contribution in [3.8, 4) is 0 Å². The molecule has 1 atom stereocenters. The highest BCUT2D eigenvalue weighted by molar-refractivity contribution is 4.84. The van der Waals surface area contributed by atoms with Crippen LogP contribution in [0.3, 0.4) is 0 Å². The number of piperazine rings is 1. The third-order valence-electron chi connectivity index (χ3n) is 3.53. The molecule has 1 rings (SSSR count). The van der Waals surface area contributed by atoms with Crippen LogP contribution in [0.1, 0.15) is 34.1 Å². The monoisotopic (exact) mass is 213 g/mol. The van der Waals surface area contributed by atoms with Gasteiger partial charge in [-0.05, 0) is 27.2 Å². The summed E-state index contributed by atoms with van der Waals surface area (Å²) < 4.78 is 0. The minimum atomic E-state index is -0.0139. The molecule has 0 saturated carbocycles. The molecular formula is C12H27N3. The van der Waals surface area contributed by atoms with Gasteiger partial charge in [-0.2, -0.15) is 0 Å². The van der Waals surface area contributed by atoms with Crippen LogP contribution in [-0.4, -0.2) is 54.1 Å². The summed E-state index contributed by atoms with van der Waals surface area (Å²) in [5, 5.41) is 0. The van der Waals surface area contributed by atoms with E-state index < -0.39 is 0 Å². The van der Waals surface area contributed by atoms with Crippen molar-refractivity contribution in [1.82, 2.24) is 9.80 Å². The normalized spacial score (nSPS) is 24.4. The van der Waals surface area contributed by atoms with Gasteiger partial charge in [0.2, 0.25) is 0 Å². The van der Waals surface area contributed by atoms with Crippen LogP contribution in [-0.2, 0) is 0 Å². The molecule has 0 amide bonds. The topological polar surface area (TPSA) is 32.5 Å². The maximum absolute atomic E-state index is 6.19. The molecule has 0 radical (unpaired) electrons. The van der Waals surface area contributed by atoms with E-state index in [0.29, 0.717) is 6.04 Å². The van der Waals surface area contributed by atoms with Crippen molar-refractivity contribution in [3.63, 3.8) is 0 Å². The lowest BCUT2D eigenvalue weighted by atomic mass is 9.99. The molecule has 2 N–H and O–H groups in total. The van der Waals surface area contributed by atoms with Crippen LogP contribution in [0.5, 0.6) is 0 Å². The summed E-state index contributed by atoms with van der Waals surface area (Å²) in [5.41, 5.74) is 6.17. The Balaban J connectivity index is 2.32. The minimum absolute atomic E-state index is 0.0139. The molecule has 3 nitrogen and oxygen atoms in total. The SMILES string of the molecule is CCC(C)(N)CN1CCN(C(C)C)CC1. The average Bonchev–Trinajstić information content (AvgIpc) is 2.18. The summed E-state index contributed by atoms with van der Waals surface area (Å²) in [4.78, 5) is 5.04. The van der Waals surface area contributed by atoms with Gasteiger partial charge in [-0.15, -0.1) is 0 Å². The zero-order valence-corrected chi connectivity index (χ0v) is 10.8. The number of hydrogen-bond donors (Lipinski definition) is 1. The molecule has 3 heteroatoms. The largest absolute Gasteiger partial charge is 0.324 e. The highest BCUT2D eigenvalue weighted by Crippen LogP contribution is 2.11. The van der Waals surface area contributed by atoms with Crippen LogP contribution in [0.15, 0.2) is 0 Å². The van der Waals surface area contributed by atoms with Crippen LogP contribution in [0.2, 0.25) is 0 Å². The molecule has 1 fully saturated rings. The first kappa shape index (κ1) is 12.9. The second-order valence-corrected chi connectivity index (χ2v) is 5.41. The van der Waals surface area contributed by atoms with E-state index in [-0.39, 0.29) is 5.54 Å². The Kier molecular flexibility index (Phi) is 4.56. The number of hydrogen-bond acceptors (Lipinski definition) is 3. The highest BCUT2D eigenvalue weighted by Gasteiger charge is 2.24. The first-order valence-electron chi connectivity index (χ1n) is 6.20. The summed E-state index contributed by atoms with van der Waals surface area (Å²) in [7, 11) is 0. The molecule has 1 saturated heterocycles. The molecule has 1 aliphatic rings. The minimum Gasteiger partial charge on any atom is -0.324 e. The quantitative estimate of drug-likeness (QED) is 0.760. The third kappa shape index (κ3) is 4.09. The fourth-order valence-corrected chi connectivity index (χ4v) is 2.06. The van der Waals surface area contributed by atoms with E-state index in [1.807, 2.05) is 0 Å². The Hall–Kier alpha value is -0.120. The molecule has 1 unspecified atom stereocenters. The number of nitrogens with two attached hydrogens (primary N) is 1. The molecule has 15 heavy (non-hydrogen) atoms. The standard InChI is InChI=1S/C12H27N3/c1-5-12(4,13)10-14-6-8-15(9-7-14)11(2)3/h11H,5-10,13H2,1-4H3. The Labute approximate surface area is 94.6 Å². The summed E-state index contributed by atoms with van der Waals surface area (Å²) in [6.07, 6.45) is 1.05. The van der Waals surface area contributed by atoms with E-state index in [1.54, 1.807) is 0 Å². The van der Waals surface area contributed by atoms with E-state index in [9.17, 15) is 0 Å². The van der Waals surface area contributed by atoms with Gasteiger partial charge in [0.25, 0.3) is 0 Å². The van der Waals surface area contributed by atoms with Crippen molar-refractivity contribution in [2.24, 2.45) is 5.73 Å². The van der Waals surface area contributed by atoms with Crippen molar-refractivity contribution in [2.45, 2.75) is 45.7 Å². The summed E-state index contributed by atoms with van der Waals surface area (Å²) >= 11 is 0. The molecule has 1 heterocycles. The van der Waals surface area contributed by atoms with E-state index in [1.165, 1.54) is 26.2 Å². The predicted molar refractivity (Wildman–Crippen MR) is 66.0 cm³/mol. The lowest BCUT2D eigenvalue weighted by Crippen LogP contribution is -2.54. The Morgan fingerprint density at radius 3 is 2.13 bits per heavy atom. The van der Waals surface area contributed by atoms with Crippen molar-refractivity contribution in [3.05, 3.63) is 0 Å². The molecule has 0 aromatic carbocycles. The molecule has 90 valence electrons. The predicted octanol–water partition coefficient (Wildman–Crippen LogP) is 1.14. The van der Waals surface area contributed by atoms with Crippen molar-refractivity contribution >= 4 is 0 Å². The van der Waals surface area contributed by atoms with Crippen LogP contribution >= 0.6 is 0 Å². The van der Waals surface area contributed by atoms with Gasteiger partial charge in [0.15, 0.2) is 0 Å². The van der Waals surface area contributed by atoms with Crippen LogP contribution in [0.25, 0.3) is 0 Å². The fraction of sp³-hybridized carbons (Fsp3) is 1.00. The van der Waals surface area contributed by atoms with E-state index >= 15 is 0 Å². The second kappa shape index (κ2) is 5.28. The second-order valence-electron chi connectivity index (χ2n) is 5.41. The van der Waals surface area contributed by atoms with E-state index in [2.05, 4.69) is 37.5 Å². The Morgan fingerprint density at radius 2 is 1.73 bits per heavy atom. The van der Waals surface area contributed by atoms with Gasteiger partial charge >= 0.3 is 0 Å². The molecule has 1 aliphatic heterocycles. The lowest BCUT2D eigenvalue weighted by molar-refractivity contribution is 0.0928. The van der Waals surface area contributed by atoms with Gasteiger partial charge in [0, 0.05) is 44.3 Å². The van der Waals surface area contributed by atoms with Crippen molar-refractivity contribution < 1.29 is 0 Å². The Bertz CT molecular complexity index is 181. The van der Waals surface area contributed by atoms with Gasteiger partial charge < -0.3 is 5.73 Å². The fourth-order valence-electron chi connectivity index (χ4n) is 2.06. The van der Waals surface area contributed by atoms with E-state index in [0.717, 1.165) is 13.0 Å². The van der Waals surface area contributed by atoms with Gasteiger partial charge in [-0.3, -0.25) is 9.80 Å². The summed E-state index contributed by atoms with van der Waals surface area (Å²) in [6, 6.07) is 0.683. The summed E-state index contributed by atoms with van der Waals surface area (Å²) in [6.45, 7) is 14.6. The zero-order valence-electron chi connectivity index (χ0n) is 10.8. The molecule has 0 aromatic rings. The molecule has 0 bridgehead atoms. The van der Waals surface area contributed by atoms with E-state index in [4.69, 9.17) is 5.73 Å². The molecule has 0 aromatic heterocycles. The maximum atomic E-state index is 6.19. The van der Waals surface area contributed by atoms with Gasteiger partial charge in [-0.25, -0.2) is 0 Å². The molecular weight excluding hydrogens is 186 g/mol. The lowest BCUT2D eigenvalue weighted by Gasteiger charge is -2.40. The first-order chi connectivity index (χ1) is 6.94. The maximum Gasteiger partial charge on any atom is 0.0252 e.